The fourth-order valence-corrected chi connectivity index (χ4v) is 2.37. The Hall–Kier alpha value is -1.68. The van der Waals surface area contributed by atoms with Gasteiger partial charge in [0.05, 0.1) is 6.04 Å². The maximum Gasteiger partial charge on any atom is 0.244 e. The van der Waals surface area contributed by atoms with Crippen LogP contribution in [0.25, 0.3) is 11.4 Å². The molecule has 18 heavy (non-hydrogen) atoms. The average Bonchev–Trinajstić information content (AvgIpc) is 2.90. The van der Waals surface area contributed by atoms with E-state index in [1.165, 1.54) is 18.4 Å². The molecule has 0 unspecified atom stereocenters. The molecule has 1 saturated heterocycles. The van der Waals surface area contributed by atoms with Crippen molar-refractivity contribution in [1.29, 1.82) is 0 Å². The summed E-state index contributed by atoms with van der Waals surface area (Å²) in [6, 6.07) is 8.33. The topological polar surface area (TPSA) is 51.0 Å². The molecule has 0 spiro atoms. The average molecular weight is 243 g/mol. The first kappa shape index (κ1) is 11.4. The lowest BCUT2D eigenvalue weighted by molar-refractivity contribution is 0.297. The van der Waals surface area contributed by atoms with Crippen LogP contribution >= 0.6 is 0 Å². The number of benzene rings is 1. The van der Waals surface area contributed by atoms with Crippen molar-refractivity contribution in [3.63, 3.8) is 0 Å². The van der Waals surface area contributed by atoms with Gasteiger partial charge in [0.1, 0.15) is 0 Å². The van der Waals surface area contributed by atoms with Gasteiger partial charge < -0.3 is 9.84 Å². The van der Waals surface area contributed by atoms with Crippen molar-refractivity contribution in [3.05, 3.63) is 35.7 Å². The summed E-state index contributed by atoms with van der Waals surface area (Å²) in [4.78, 5) is 4.52. The third-order valence-corrected chi connectivity index (χ3v) is 3.44. The van der Waals surface area contributed by atoms with Crippen LogP contribution in [0.15, 0.2) is 28.8 Å². The first-order chi connectivity index (χ1) is 8.84. The van der Waals surface area contributed by atoms with E-state index in [4.69, 9.17) is 4.52 Å². The van der Waals surface area contributed by atoms with Crippen LogP contribution in [0, 0.1) is 6.92 Å². The van der Waals surface area contributed by atoms with Gasteiger partial charge in [-0.2, -0.15) is 4.98 Å². The summed E-state index contributed by atoms with van der Waals surface area (Å²) in [6.07, 6.45) is 3.53. The molecule has 1 aliphatic heterocycles. The minimum Gasteiger partial charge on any atom is -0.337 e. The Bertz CT molecular complexity index is 529. The summed E-state index contributed by atoms with van der Waals surface area (Å²) >= 11 is 0. The lowest BCUT2D eigenvalue weighted by Crippen LogP contribution is -2.26. The van der Waals surface area contributed by atoms with E-state index >= 15 is 0 Å². The Labute approximate surface area is 106 Å². The Morgan fingerprint density at radius 3 is 2.94 bits per heavy atom. The Morgan fingerprint density at radius 1 is 1.28 bits per heavy atom. The van der Waals surface area contributed by atoms with Gasteiger partial charge in [-0.3, -0.25) is 0 Å². The SMILES string of the molecule is Cc1ccccc1-c1noc([C@@H]2CCCCN2)n1. The van der Waals surface area contributed by atoms with E-state index < -0.39 is 0 Å². The first-order valence-electron chi connectivity index (χ1n) is 6.47. The Kier molecular flexibility index (Phi) is 3.11. The molecule has 0 saturated carbocycles. The van der Waals surface area contributed by atoms with Crippen molar-refractivity contribution in [2.24, 2.45) is 0 Å². The molecule has 3 rings (SSSR count). The summed E-state index contributed by atoms with van der Waals surface area (Å²) < 4.78 is 5.39. The molecular weight excluding hydrogens is 226 g/mol. The number of hydrogen-bond donors (Lipinski definition) is 1. The molecule has 1 atom stereocenters. The van der Waals surface area contributed by atoms with Crippen LogP contribution in [0.1, 0.15) is 36.8 Å². The van der Waals surface area contributed by atoms with Crippen LogP contribution in [0.5, 0.6) is 0 Å². The van der Waals surface area contributed by atoms with Crippen molar-refractivity contribution in [3.8, 4) is 11.4 Å². The van der Waals surface area contributed by atoms with Crippen molar-refractivity contribution in [1.82, 2.24) is 15.5 Å². The minimum atomic E-state index is 0.226. The monoisotopic (exact) mass is 243 g/mol. The standard InChI is InChI=1S/C14H17N3O/c1-10-6-2-3-7-11(10)13-16-14(18-17-13)12-8-4-5-9-15-12/h2-3,6-7,12,15H,4-5,8-9H2,1H3/t12-/m0/s1. The van der Waals surface area contributed by atoms with Crippen LogP contribution in [0.3, 0.4) is 0 Å². The minimum absolute atomic E-state index is 0.226. The van der Waals surface area contributed by atoms with Gasteiger partial charge in [-0.1, -0.05) is 35.8 Å². The largest absolute Gasteiger partial charge is 0.337 e. The number of piperidine rings is 1. The zero-order chi connectivity index (χ0) is 12.4. The number of nitrogens with zero attached hydrogens (tertiary/aromatic N) is 2. The predicted molar refractivity (Wildman–Crippen MR) is 69.1 cm³/mol. The second kappa shape index (κ2) is 4.90. The molecule has 1 N–H and O–H groups in total. The highest BCUT2D eigenvalue weighted by molar-refractivity contribution is 5.58. The van der Waals surface area contributed by atoms with Crippen LogP contribution in [0.2, 0.25) is 0 Å². The first-order valence-corrected chi connectivity index (χ1v) is 6.47. The number of nitrogens with one attached hydrogen (secondary N) is 1. The van der Waals surface area contributed by atoms with Gasteiger partial charge in [0.25, 0.3) is 0 Å². The highest BCUT2D eigenvalue weighted by atomic mass is 16.5. The highest BCUT2D eigenvalue weighted by Crippen LogP contribution is 2.25. The van der Waals surface area contributed by atoms with E-state index in [-0.39, 0.29) is 6.04 Å². The molecule has 1 aromatic heterocycles. The van der Waals surface area contributed by atoms with Gasteiger partial charge in [0.15, 0.2) is 0 Å². The summed E-state index contributed by atoms with van der Waals surface area (Å²) in [5, 5.41) is 7.51. The normalized spacial score (nSPS) is 19.9. The molecule has 0 amide bonds. The van der Waals surface area contributed by atoms with Crippen molar-refractivity contribution >= 4 is 0 Å². The molecule has 0 aliphatic carbocycles. The van der Waals surface area contributed by atoms with E-state index in [0.29, 0.717) is 11.7 Å². The third-order valence-electron chi connectivity index (χ3n) is 3.44. The second-order valence-corrected chi connectivity index (χ2v) is 4.77. The second-order valence-electron chi connectivity index (χ2n) is 4.77. The van der Waals surface area contributed by atoms with Gasteiger partial charge in [0, 0.05) is 5.56 Å². The van der Waals surface area contributed by atoms with Crippen LogP contribution in [0.4, 0.5) is 0 Å². The zero-order valence-corrected chi connectivity index (χ0v) is 10.5. The van der Waals surface area contributed by atoms with E-state index in [1.807, 2.05) is 18.2 Å². The van der Waals surface area contributed by atoms with Crippen LogP contribution < -0.4 is 5.32 Å². The summed E-state index contributed by atoms with van der Waals surface area (Å²) in [6.45, 7) is 3.09. The van der Waals surface area contributed by atoms with Crippen molar-refractivity contribution in [2.75, 3.05) is 6.54 Å². The fraction of sp³-hybridized carbons (Fsp3) is 0.429. The number of aromatic nitrogens is 2. The lowest BCUT2D eigenvalue weighted by Gasteiger charge is -2.19. The maximum atomic E-state index is 5.39. The third kappa shape index (κ3) is 2.16. The molecule has 1 aromatic carbocycles. The van der Waals surface area contributed by atoms with E-state index in [9.17, 15) is 0 Å². The van der Waals surface area contributed by atoms with Crippen molar-refractivity contribution < 1.29 is 4.52 Å². The molecule has 1 aliphatic rings. The van der Waals surface area contributed by atoms with Crippen molar-refractivity contribution in [2.45, 2.75) is 32.2 Å². The summed E-state index contributed by atoms with van der Waals surface area (Å²) in [5.74, 6) is 1.41. The van der Waals surface area contributed by atoms with Gasteiger partial charge >= 0.3 is 0 Å². The molecule has 94 valence electrons. The number of aryl methyl sites for hydroxylation is 1. The molecule has 0 radical (unpaired) electrons. The van der Waals surface area contributed by atoms with E-state index in [1.54, 1.807) is 0 Å². The molecule has 1 fully saturated rings. The summed E-state index contributed by atoms with van der Waals surface area (Å²) in [5.41, 5.74) is 2.21. The highest BCUT2D eigenvalue weighted by Gasteiger charge is 2.21. The van der Waals surface area contributed by atoms with Gasteiger partial charge in [-0.15, -0.1) is 0 Å². The lowest BCUT2D eigenvalue weighted by atomic mass is 10.1. The van der Waals surface area contributed by atoms with E-state index in [0.717, 1.165) is 18.5 Å². The van der Waals surface area contributed by atoms with E-state index in [2.05, 4.69) is 28.4 Å². The fourth-order valence-electron chi connectivity index (χ4n) is 2.37. The molecule has 4 heteroatoms. The summed E-state index contributed by atoms with van der Waals surface area (Å²) in [7, 11) is 0. The van der Waals surface area contributed by atoms with Gasteiger partial charge in [0.2, 0.25) is 11.7 Å². The molecular formula is C14H17N3O. The Balaban J connectivity index is 1.87. The quantitative estimate of drug-likeness (QED) is 0.881. The predicted octanol–water partition coefficient (Wildman–Crippen LogP) is 2.86. The Morgan fingerprint density at radius 2 is 2.17 bits per heavy atom. The molecule has 2 heterocycles. The smallest absolute Gasteiger partial charge is 0.244 e. The number of rotatable bonds is 2. The number of hydrogen-bond acceptors (Lipinski definition) is 4. The molecule has 2 aromatic rings. The maximum absolute atomic E-state index is 5.39. The molecule has 0 bridgehead atoms. The van der Waals surface area contributed by atoms with Gasteiger partial charge in [-0.05, 0) is 31.9 Å². The zero-order valence-electron chi connectivity index (χ0n) is 10.5. The van der Waals surface area contributed by atoms with Gasteiger partial charge in [-0.25, -0.2) is 0 Å². The van der Waals surface area contributed by atoms with Crippen LogP contribution in [-0.2, 0) is 0 Å². The molecule has 4 nitrogen and oxygen atoms in total. The van der Waals surface area contributed by atoms with Crippen LogP contribution in [-0.4, -0.2) is 16.7 Å².